The molecule has 4 nitrogen and oxygen atoms in total. The van der Waals surface area contributed by atoms with Crippen LogP contribution in [0.25, 0.3) is 0 Å². The summed E-state index contributed by atoms with van der Waals surface area (Å²) in [7, 11) is 0. The first-order valence-electron chi connectivity index (χ1n) is 6.81. The van der Waals surface area contributed by atoms with Gasteiger partial charge in [0.2, 0.25) is 5.91 Å². The largest absolute Gasteiger partial charge is 0.480 e. The van der Waals surface area contributed by atoms with E-state index in [0.717, 1.165) is 11.5 Å². The van der Waals surface area contributed by atoms with Crippen molar-refractivity contribution in [3.8, 4) is 0 Å². The van der Waals surface area contributed by atoms with Crippen LogP contribution in [0, 0.1) is 6.92 Å². The highest BCUT2D eigenvalue weighted by atomic mass is 32.2. The molecule has 0 aliphatic carbocycles. The fraction of sp³-hybridized carbons (Fsp3) is 0.467. The first-order valence-corrected chi connectivity index (χ1v) is 9.12. The summed E-state index contributed by atoms with van der Waals surface area (Å²) in [5, 5.41) is 9.17. The minimum absolute atomic E-state index is 0.0696. The summed E-state index contributed by atoms with van der Waals surface area (Å²) in [6, 6.07) is 7.56. The van der Waals surface area contributed by atoms with Crippen molar-refractivity contribution >= 4 is 35.4 Å². The van der Waals surface area contributed by atoms with E-state index in [-0.39, 0.29) is 5.91 Å². The number of hydrogen-bond donors (Lipinski definition) is 1. The summed E-state index contributed by atoms with van der Waals surface area (Å²) in [5.74, 6) is 1.44. The maximum Gasteiger partial charge on any atom is 0.327 e. The highest BCUT2D eigenvalue weighted by Crippen LogP contribution is 2.19. The Morgan fingerprint density at radius 3 is 2.76 bits per heavy atom. The van der Waals surface area contributed by atoms with Crippen molar-refractivity contribution in [1.82, 2.24) is 4.90 Å². The number of carbonyl (C=O) groups is 2. The van der Waals surface area contributed by atoms with Gasteiger partial charge in [0, 0.05) is 23.8 Å². The topological polar surface area (TPSA) is 57.6 Å². The van der Waals surface area contributed by atoms with E-state index in [1.54, 1.807) is 11.8 Å². The van der Waals surface area contributed by atoms with Crippen LogP contribution in [-0.4, -0.2) is 51.7 Å². The van der Waals surface area contributed by atoms with Gasteiger partial charge in [0.1, 0.15) is 6.04 Å². The third-order valence-electron chi connectivity index (χ3n) is 3.35. The number of rotatable bonds is 5. The van der Waals surface area contributed by atoms with Crippen molar-refractivity contribution in [2.45, 2.75) is 18.7 Å². The Kier molecular flexibility index (Phi) is 5.99. The van der Waals surface area contributed by atoms with E-state index in [4.69, 9.17) is 0 Å². The highest BCUT2D eigenvalue weighted by molar-refractivity contribution is 7.99. The van der Waals surface area contributed by atoms with Crippen molar-refractivity contribution in [3.05, 3.63) is 35.4 Å². The van der Waals surface area contributed by atoms with Crippen LogP contribution in [-0.2, 0) is 15.3 Å². The van der Waals surface area contributed by atoms with Gasteiger partial charge in [-0.2, -0.15) is 11.8 Å². The Morgan fingerprint density at radius 1 is 1.38 bits per heavy atom. The molecule has 1 unspecified atom stereocenters. The molecular formula is C15H19NO3S2. The van der Waals surface area contributed by atoms with Gasteiger partial charge in [-0.3, -0.25) is 4.79 Å². The molecule has 21 heavy (non-hydrogen) atoms. The number of hydrogen-bond acceptors (Lipinski definition) is 4. The van der Waals surface area contributed by atoms with Crippen LogP contribution in [0.4, 0.5) is 0 Å². The van der Waals surface area contributed by atoms with Crippen LogP contribution in [0.3, 0.4) is 0 Å². The normalized spacial score (nSPS) is 18.5. The predicted octanol–water partition coefficient (Wildman–Crippen LogP) is 2.26. The molecule has 1 amide bonds. The summed E-state index contributed by atoms with van der Waals surface area (Å²) in [6.07, 6.45) is 0. The number of amides is 1. The van der Waals surface area contributed by atoms with Crippen LogP contribution >= 0.6 is 23.5 Å². The van der Waals surface area contributed by atoms with Crippen LogP contribution in [0.2, 0.25) is 0 Å². The summed E-state index contributed by atoms with van der Waals surface area (Å²) in [5.41, 5.74) is 2.40. The van der Waals surface area contributed by atoms with Gasteiger partial charge in [0.05, 0.1) is 5.75 Å². The van der Waals surface area contributed by atoms with Gasteiger partial charge in [-0.05, 0) is 12.5 Å². The van der Waals surface area contributed by atoms with Crippen LogP contribution in [0.15, 0.2) is 24.3 Å². The Labute approximate surface area is 133 Å². The smallest absolute Gasteiger partial charge is 0.327 e. The quantitative estimate of drug-likeness (QED) is 0.900. The second-order valence-corrected chi connectivity index (χ2v) is 7.13. The average molecular weight is 325 g/mol. The lowest BCUT2D eigenvalue weighted by Gasteiger charge is -2.32. The van der Waals surface area contributed by atoms with Crippen LogP contribution in [0.5, 0.6) is 0 Å². The summed E-state index contributed by atoms with van der Waals surface area (Å²) < 4.78 is 0. The van der Waals surface area contributed by atoms with E-state index in [0.29, 0.717) is 18.1 Å². The third kappa shape index (κ3) is 4.68. The lowest BCUT2D eigenvalue weighted by atomic mass is 10.2. The Bertz CT molecular complexity index is 504. The summed E-state index contributed by atoms with van der Waals surface area (Å²) in [6.45, 7) is 2.58. The molecule has 0 radical (unpaired) electrons. The Morgan fingerprint density at radius 2 is 2.10 bits per heavy atom. The predicted molar refractivity (Wildman–Crippen MR) is 87.8 cm³/mol. The van der Waals surface area contributed by atoms with Crippen molar-refractivity contribution in [1.29, 1.82) is 0 Å². The molecule has 1 atom stereocenters. The first-order chi connectivity index (χ1) is 10.1. The molecule has 0 aromatic heterocycles. The molecule has 0 saturated carbocycles. The molecule has 0 bridgehead atoms. The van der Waals surface area contributed by atoms with Crippen molar-refractivity contribution in [2.24, 2.45) is 0 Å². The molecule has 1 aromatic carbocycles. The van der Waals surface area contributed by atoms with Gasteiger partial charge in [-0.1, -0.05) is 29.8 Å². The number of aryl methyl sites for hydroxylation is 1. The molecule has 114 valence electrons. The number of thioether (sulfide) groups is 2. The van der Waals surface area contributed by atoms with Gasteiger partial charge in [-0.15, -0.1) is 11.8 Å². The van der Waals surface area contributed by atoms with E-state index in [2.05, 4.69) is 24.3 Å². The van der Waals surface area contributed by atoms with Crippen molar-refractivity contribution in [3.63, 3.8) is 0 Å². The third-order valence-corrected chi connectivity index (χ3v) is 5.36. The number of carboxylic acid groups (broad SMARTS) is 1. The molecule has 1 saturated heterocycles. The highest BCUT2D eigenvalue weighted by Gasteiger charge is 2.31. The fourth-order valence-corrected chi connectivity index (χ4v) is 4.04. The number of nitrogens with zero attached hydrogens (tertiary/aromatic N) is 1. The molecule has 1 fully saturated rings. The minimum atomic E-state index is -0.904. The van der Waals surface area contributed by atoms with Gasteiger partial charge in [0.25, 0.3) is 0 Å². The van der Waals surface area contributed by atoms with Crippen molar-refractivity contribution in [2.75, 3.05) is 23.8 Å². The summed E-state index contributed by atoms with van der Waals surface area (Å²) in [4.78, 5) is 24.9. The summed E-state index contributed by atoms with van der Waals surface area (Å²) >= 11 is 3.13. The lowest BCUT2D eigenvalue weighted by Crippen LogP contribution is -2.50. The minimum Gasteiger partial charge on any atom is -0.480 e. The second kappa shape index (κ2) is 7.75. The Balaban J connectivity index is 1.83. The molecular weight excluding hydrogens is 306 g/mol. The number of benzene rings is 1. The van der Waals surface area contributed by atoms with E-state index < -0.39 is 12.0 Å². The molecule has 1 aliphatic heterocycles. The standard InChI is InChI=1S/C15H19NO3S2/c1-11-2-4-12(5-3-11)8-21-10-14(17)16-6-7-20-9-13(16)15(18)19/h2-5,13H,6-10H2,1H3,(H,18,19). The Hall–Kier alpha value is -1.14. The molecule has 1 N–H and O–H groups in total. The maximum atomic E-state index is 12.2. The van der Waals surface area contributed by atoms with E-state index in [9.17, 15) is 14.7 Å². The second-order valence-electron chi connectivity index (χ2n) is 4.99. The van der Waals surface area contributed by atoms with Crippen molar-refractivity contribution < 1.29 is 14.7 Å². The van der Waals surface area contributed by atoms with Gasteiger partial charge in [-0.25, -0.2) is 4.79 Å². The van der Waals surface area contributed by atoms with Gasteiger partial charge < -0.3 is 10.0 Å². The fourth-order valence-electron chi connectivity index (χ4n) is 2.13. The zero-order valence-corrected chi connectivity index (χ0v) is 13.6. The van der Waals surface area contributed by atoms with E-state index in [1.807, 2.05) is 6.92 Å². The monoisotopic (exact) mass is 325 g/mol. The molecule has 1 aromatic rings. The molecule has 1 heterocycles. The SMILES string of the molecule is Cc1ccc(CSCC(=O)N2CCSCC2C(=O)O)cc1. The average Bonchev–Trinajstić information content (AvgIpc) is 2.49. The number of carboxylic acids is 1. The lowest BCUT2D eigenvalue weighted by molar-refractivity contribution is -0.148. The van der Waals surface area contributed by atoms with Gasteiger partial charge in [0.15, 0.2) is 0 Å². The van der Waals surface area contributed by atoms with Gasteiger partial charge >= 0.3 is 5.97 Å². The zero-order valence-electron chi connectivity index (χ0n) is 11.9. The molecule has 2 rings (SSSR count). The van der Waals surface area contributed by atoms with Crippen LogP contribution < -0.4 is 0 Å². The van der Waals surface area contributed by atoms with Crippen LogP contribution in [0.1, 0.15) is 11.1 Å². The maximum absolute atomic E-state index is 12.2. The first kappa shape index (κ1) is 16.2. The van der Waals surface area contributed by atoms with E-state index >= 15 is 0 Å². The molecule has 1 aliphatic rings. The number of carbonyl (C=O) groups excluding carboxylic acids is 1. The molecule has 6 heteroatoms. The van der Waals surface area contributed by atoms with E-state index in [1.165, 1.54) is 27.8 Å². The molecule has 0 spiro atoms. The number of aliphatic carboxylic acids is 1. The zero-order chi connectivity index (χ0) is 15.2.